The Morgan fingerprint density at radius 3 is 2.58 bits per heavy atom. The highest BCUT2D eigenvalue weighted by molar-refractivity contribution is 5.96. The van der Waals surface area contributed by atoms with E-state index in [-0.39, 0.29) is 24.6 Å². The van der Waals surface area contributed by atoms with Crippen molar-refractivity contribution in [2.24, 2.45) is 0 Å². The summed E-state index contributed by atoms with van der Waals surface area (Å²) in [7, 11) is 4.68. The number of hydrogen-bond donors (Lipinski definition) is 2. The van der Waals surface area contributed by atoms with Crippen LogP contribution in [0.5, 0.6) is 28.7 Å². The predicted molar refractivity (Wildman–Crippen MR) is 175 cm³/mol. The number of rotatable bonds is 5. The number of methoxy groups -OCH3 is 3. The molecule has 0 saturated carbocycles. The first-order chi connectivity index (χ1) is 23.3. The number of likely N-dealkylation sites (tertiary alicyclic amines) is 1. The fourth-order valence-corrected chi connectivity index (χ4v) is 6.00. The maximum Gasteiger partial charge on any atom is 0.258 e. The van der Waals surface area contributed by atoms with Gasteiger partial charge in [-0.25, -0.2) is 4.39 Å². The van der Waals surface area contributed by atoms with Crippen LogP contribution in [0.25, 0.3) is 11.1 Å². The Morgan fingerprint density at radius 1 is 0.938 bits per heavy atom. The molecule has 7 rings (SSSR count). The van der Waals surface area contributed by atoms with Crippen molar-refractivity contribution in [1.29, 1.82) is 0 Å². The summed E-state index contributed by atoms with van der Waals surface area (Å²) in [6.07, 6.45) is 1.76. The number of nitrogens with zero attached hydrogens (tertiary/aromatic N) is 2. The summed E-state index contributed by atoms with van der Waals surface area (Å²) in [6, 6.07) is 18.0. The summed E-state index contributed by atoms with van der Waals surface area (Å²) >= 11 is 0. The van der Waals surface area contributed by atoms with Gasteiger partial charge in [0.05, 0.1) is 32.9 Å². The minimum Gasteiger partial charge on any atom is -0.496 e. The van der Waals surface area contributed by atoms with Crippen LogP contribution in [0.2, 0.25) is 0 Å². The Bertz CT molecular complexity index is 1800. The summed E-state index contributed by atoms with van der Waals surface area (Å²) in [4.78, 5) is 33.1. The second kappa shape index (κ2) is 14.6. The third-order valence-electron chi connectivity index (χ3n) is 8.46. The molecular weight excluding hydrogens is 619 g/mol. The fourth-order valence-electron chi connectivity index (χ4n) is 6.00. The monoisotopic (exact) mass is 656 g/mol. The molecule has 3 aromatic carbocycles. The van der Waals surface area contributed by atoms with Crippen LogP contribution in [-0.4, -0.2) is 74.9 Å². The zero-order valence-electron chi connectivity index (χ0n) is 27.0. The number of halogens is 1. The van der Waals surface area contributed by atoms with Gasteiger partial charge in [0.15, 0.2) is 18.1 Å². The van der Waals surface area contributed by atoms with E-state index < -0.39 is 23.9 Å². The van der Waals surface area contributed by atoms with Crippen LogP contribution in [0.1, 0.15) is 28.0 Å². The second-order valence-electron chi connectivity index (χ2n) is 11.5. The highest BCUT2D eigenvalue weighted by Gasteiger charge is 2.34. The molecule has 1 aromatic heterocycles. The predicted octanol–water partition coefficient (Wildman–Crippen LogP) is 4.37. The number of ether oxygens (including phenoxy) is 5. The Hall–Kier alpha value is -5.36. The lowest BCUT2D eigenvalue weighted by molar-refractivity contribution is -0.123. The van der Waals surface area contributed by atoms with Gasteiger partial charge in [-0.3, -0.25) is 19.5 Å². The minimum atomic E-state index is -0.654. The highest BCUT2D eigenvalue weighted by Crippen LogP contribution is 2.32. The standard InChI is InChI=1S/C36H37FN4O7/c1-44-32-11-13-38-30(35(32)46-3)20-41-14-12-31-29(19-41)40-36(43)27-16-23(8-10-28(27)37)22-5-4-6-25(15-22)47-21-34(42)39-18-24-7-9-26(48-31)17-33(24)45-2/h4-11,13,15-17,29,31H,12,14,18-21H2,1-3H3,(H,39,42)(H,40,43)/t29-,31+/m1/s1. The van der Waals surface area contributed by atoms with Crippen molar-refractivity contribution < 1.29 is 37.7 Å². The maximum absolute atomic E-state index is 15.2. The number of hydrogen-bond acceptors (Lipinski definition) is 9. The van der Waals surface area contributed by atoms with Gasteiger partial charge in [0.2, 0.25) is 0 Å². The van der Waals surface area contributed by atoms with Gasteiger partial charge in [-0.2, -0.15) is 0 Å². The Balaban J connectivity index is 1.34. The first kappa shape index (κ1) is 32.6. The van der Waals surface area contributed by atoms with Crippen molar-refractivity contribution in [3.8, 4) is 39.9 Å². The molecule has 11 nitrogen and oxygen atoms in total. The molecule has 3 aliphatic rings. The van der Waals surface area contributed by atoms with Gasteiger partial charge in [0, 0.05) is 50.1 Å². The van der Waals surface area contributed by atoms with Crippen molar-refractivity contribution in [3.05, 3.63) is 95.6 Å². The molecule has 0 radical (unpaired) electrons. The van der Waals surface area contributed by atoms with Crippen LogP contribution in [0.15, 0.2) is 72.9 Å². The van der Waals surface area contributed by atoms with Crippen LogP contribution in [0.4, 0.5) is 4.39 Å². The molecule has 12 heteroatoms. The molecule has 250 valence electrons. The van der Waals surface area contributed by atoms with E-state index in [0.29, 0.717) is 71.6 Å². The van der Waals surface area contributed by atoms with Gasteiger partial charge in [-0.1, -0.05) is 18.2 Å². The van der Waals surface area contributed by atoms with E-state index in [0.717, 1.165) is 5.56 Å². The van der Waals surface area contributed by atoms with Crippen molar-refractivity contribution in [2.75, 3.05) is 41.0 Å². The van der Waals surface area contributed by atoms with Crippen LogP contribution >= 0.6 is 0 Å². The van der Waals surface area contributed by atoms with Crippen LogP contribution < -0.4 is 34.3 Å². The molecule has 2 atom stereocenters. The topological polar surface area (TPSA) is 120 Å². The third kappa shape index (κ3) is 7.28. The number of nitrogens with one attached hydrogen (secondary N) is 2. The summed E-state index contributed by atoms with van der Waals surface area (Å²) in [5.41, 5.74) is 2.65. The van der Waals surface area contributed by atoms with Gasteiger partial charge >= 0.3 is 0 Å². The van der Waals surface area contributed by atoms with Gasteiger partial charge in [-0.05, 0) is 53.9 Å². The zero-order chi connectivity index (χ0) is 33.6. The molecule has 2 amide bonds. The SMILES string of the molecule is COc1cc2ccc1CNC(=O)COc1cccc(c1)-c1ccc(F)c(c1)C(=O)N[C@@H]1CN(Cc3nccc(OC)c3OC)CC[C@@H]1O2. The largest absolute Gasteiger partial charge is 0.496 e. The Labute approximate surface area is 277 Å². The van der Waals surface area contributed by atoms with Gasteiger partial charge < -0.3 is 34.3 Å². The average molecular weight is 657 g/mol. The lowest BCUT2D eigenvalue weighted by atomic mass is 9.99. The van der Waals surface area contributed by atoms with E-state index in [2.05, 4.69) is 20.5 Å². The maximum atomic E-state index is 15.2. The number of pyridine rings is 1. The molecule has 2 N–H and O–H groups in total. The number of piperidine rings is 1. The summed E-state index contributed by atoms with van der Waals surface area (Å²) in [5, 5.41) is 5.93. The van der Waals surface area contributed by atoms with E-state index >= 15 is 4.39 Å². The number of aromatic nitrogens is 1. The molecule has 1 fully saturated rings. The molecule has 6 bridgehead atoms. The summed E-state index contributed by atoms with van der Waals surface area (Å²) in [6.45, 7) is 1.46. The van der Waals surface area contributed by atoms with Crippen molar-refractivity contribution in [1.82, 2.24) is 20.5 Å². The minimum absolute atomic E-state index is 0.106. The smallest absolute Gasteiger partial charge is 0.258 e. The molecule has 0 aliphatic carbocycles. The van der Waals surface area contributed by atoms with Gasteiger partial charge in [-0.15, -0.1) is 0 Å². The fraction of sp³-hybridized carbons (Fsp3) is 0.306. The molecule has 1 saturated heterocycles. The molecule has 48 heavy (non-hydrogen) atoms. The van der Waals surface area contributed by atoms with E-state index in [1.807, 2.05) is 12.1 Å². The molecular formula is C36H37FN4O7. The first-order valence-electron chi connectivity index (χ1n) is 15.6. The number of fused-ring (bicyclic) bond motifs is 7. The average Bonchev–Trinajstić information content (AvgIpc) is 3.10. The van der Waals surface area contributed by atoms with Crippen molar-refractivity contribution in [2.45, 2.75) is 31.7 Å². The van der Waals surface area contributed by atoms with Crippen LogP contribution in [-0.2, 0) is 17.9 Å². The van der Waals surface area contributed by atoms with E-state index in [9.17, 15) is 9.59 Å². The van der Waals surface area contributed by atoms with Gasteiger partial charge in [0.25, 0.3) is 11.8 Å². The number of amides is 2. The summed E-state index contributed by atoms with van der Waals surface area (Å²) in [5.74, 6) is 1.09. The first-order valence-corrected chi connectivity index (χ1v) is 15.6. The molecule has 0 unspecified atom stereocenters. The third-order valence-corrected chi connectivity index (χ3v) is 8.46. The number of carbonyl (C=O) groups excluding carboxylic acids is 2. The van der Waals surface area contributed by atoms with E-state index in [4.69, 9.17) is 23.7 Å². The number of benzene rings is 3. The Morgan fingerprint density at radius 2 is 1.77 bits per heavy atom. The molecule has 4 heterocycles. The molecule has 4 aromatic rings. The molecule has 3 aliphatic heterocycles. The van der Waals surface area contributed by atoms with Crippen molar-refractivity contribution >= 4 is 11.8 Å². The zero-order valence-corrected chi connectivity index (χ0v) is 27.0. The quantitative estimate of drug-likeness (QED) is 0.323. The lowest BCUT2D eigenvalue weighted by Gasteiger charge is -2.39. The van der Waals surface area contributed by atoms with E-state index in [1.54, 1.807) is 70.0 Å². The van der Waals surface area contributed by atoms with Crippen LogP contribution in [0, 0.1) is 5.82 Å². The Kier molecular flexibility index (Phi) is 9.91. The second-order valence-corrected chi connectivity index (χ2v) is 11.5. The summed E-state index contributed by atoms with van der Waals surface area (Å²) < 4.78 is 44.1. The normalized spacial score (nSPS) is 18.3. The van der Waals surface area contributed by atoms with Crippen LogP contribution in [0.3, 0.4) is 0 Å². The molecule has 0 spiro atoms. The van der Waals surface area contributed by atoms with Gasteiger partial charge in [0.1, 0.15) is 34.9 Å². The lowest BCUT2D eigenvalue weighted by Crippen LogP contribution is -2.56. The number of carbonyl (C=O) groups is 2. The highest BCUT2D eigenvalue weighted by atomic mass is 19.1. The van der Waals surface area contributed by atoms with Crippen molar-refractivity contribution in [3.63, 3.8) is 0 Å². The van der Waals surface area contributed by atoms with E-state index in [1.165, 1.54) is 12.1 Å².